The number of amides is 1. The number of halogens is 1. The van der Waals surface area contributed by atoms with Crippen LogP contribution in [0.15, 0.2) is 54.7 Å². The molecule has 0 radical (unpaired) electrons. The molecular weight excluding hydrogens is 451 g/mol. The van der Waals surface area contributed by atoms with Gasteiger partial charge in [0.1, 0.15) is 23.0 Å². The van der Waals surface area contributed by atoms with Crippen LogP contribution in [0, 0.1) is 12.7 Å². The Morgan fingerprint density at radius 3 is 2.62 bits per heavy atom. The fraction of sp³-hybridized carbons (Fsp3) is 0.182. The van der Waals surface area contributed by atoms with E-state index in [4.69, 9.17) is 0 Å². The lowest BCUT2D eigenvalue weighted by atomic mass is 10.1. The number of hydrogen-bond acceptors (Lipinski definition) is 5. The Hall–Kier alpha value is -3.08. The predicted molar refractivity (Wildman–Crippen MR) is 124 cm³/mol. The highest BCUT2D eigenvalue weighted by Crippen LogP contribution is 2.30. The van der Waals surface area contributed by atoms with Gasteiger partial charge < -0.3 is 5.32 Å². The van der Waals surface area contributed by atoms with Crippen molar-refractivity contribution in [3.8, 4) is 11.3 Å². The number of rotatable bonds is 7. The number of aryl methyl sites for hydroxylation is 1. The van der Waals surface area contributed by atoms with Crippen molar-refractivity contribution in [2.45, 2.75) is 13.3 Å². The molecule has 0 aliphatic heterocycles. The van der Waals surface area contributed by atoms with Crippen LogP contribution >= 0.6 is 11.3 Å². The van der Waals surface area contributed by atoms with Gasteiger partial charge in [0.25, 0.3) is 5.91 Å². The zero-order valence-corrected chi connectivity index (χ0v) is 19.1. The molecule has 1 aromatic carbocycles. The average molecular weight is 473 g/mol. The molecule has 0 saturated carbocycles. The van der Waals surface area contributed by atoms with E-state index in [1.54, 1.807) is 22.6 Å². The molecule has 4 rings (SSSR count). The third-order valence-electron chi connectivity index (χ3n) is 4.75. The van der Waals surface area contributed by atoms with E-state index in [0.717, 1.165) is 16.7 Å². The molecule has 0 aliphatic carbocycles. The van der Waals surface area contributed by atoms with Crippen molar-refractivity contribution in [1.82, 2.24) is 14.1 Å². The van der Waals surface area contributed by atoms with Gasteiger partial charge in [-0.1, -0.05) is 0 Å². The maximum absolute atomic E-state index is 13.4. The molecule has 0 unspecified atom stereocenters. The molecule has 0 aliphatic rings. The molecule has 4 aromatic rings. The lowest BCUT2D eigenvalue weighted by Gasteiger charge is -2.07. The second-order valence-electron chi connectivity index (χ2n) is 7.38. The van der Waals surface area contributed by atoms with E-state index < -0.39 is 10.0 Å². The molecule has 0 atom stereocenters. The zero-order chi connectivity index (χ0) is 22.9. The van der Waals surface area contributed by atoms with Crippen LogP contribution in [0.1, 0.15) is 20.1 Å². The number of carbonyl (C=O) groups excluding carboxylic acids is 1. The fourth-order valence-electron chi connectivity index (χ4n) is 3.24. The summed E-state index contributed by atoms with van der Waals surface area (Å²) in [5, 5.41) is 2.94. The first-order chi connectivity index (χ1) is 15.2. The van der Waals surface area contributed by atoms with E-state index in [2.05, 4.69) is 15.0 Å². The quantitative estimate of drug-likeness (QED) is 0.427. The minimum atomic E-state index is -3.25. The van der Waals surface area contributed by atoms with Crippen LogP contribution in [-0.4, -0.2) is 36.5 Å². The SMILES string of the molecule is Cc1ccn2c(NC(=O)c3ccc(CCNS(C)(=O)=O)s3)c(-c3ccc(F)cc3)nc2c1. The average Bonchev–Trinajstić information content (AvgIpc) is 3.32. The molecule has 32 heavy (non-hydrogen) atoms. The number of hydrogen-bond donors (Lipinski definition) is 2. The largest absolute Gasteiger partial charge is 0.305 e. The number of anilines is 1. The molecule has 10 heteroatoms. The number of sulfonamides is 1. The Kier molecular flexibility index (Phi) is 6.09. The van der Waals surface area contributed by atoms with Crippen molar-refractivity contribution in [3.05, 3.63) is 75.9 Å². The first-order valence-electron chi connectivity index (χ1n) is 9.79. The number of aromatic nitrogens is 2. The van der Waals surface area contributed by atoms with Gasteiger partial charge in [0, 0.05) is 23.2 Å². The summed E-state index contributed by atoms with van der Waals surface area (Å²) in [7, 11) is -3.25. The Balaban J connectivity index is 1.61. The Labute approximate surface area is 189 Å². The number of nitrogens with zero attached hydrogens (tertiary/aromatic N) is 2. The van der Waals surface area contributed by atoms with E-state index >= 15 is 0 Å². The lowest BCUT2D eigenvalue weighted by molar-refractivity contribution is 0.103. The van der Waals surface area contributed by atoms with Crippen molar-refractivity contribution in [2.24, 2.45) is 0 Å². The van der Waals surface area contributed by atoms with Crippen molar-refractivity contribution in [3.63, 3.8) is 0 Å². The first kappa shape index (κ1) is 22.1. The normalized spacial score (nSPS) is 11.7. The summed E-state index contributed by atoms with van der Waals surface area (Å²) in [6, 6.07) is 13.3. The molecular formula is C22H21FN4O3S2. The first-order valence-corrected chi connectivity index (χ1v) is 12.5. The van der Waals surface area contributed by atoms with Crippen molar-refractivity contribution >= 4 is 38.7 Å². The van der Waals surface area contributed by atoms with Gasteiger partial charge in [-0.2, -0.15) is 0 Å². The lowest BCUT2D eigenvalue weighted by Crippen LogP contribution is -2.24. The molecule has 0 spiro atoms. The molecule has 166 valence electrons. The summed E-state index contributed by atoms with van der Waals surface area (Å²) < 4.78 is 40.1. The van der Waals surface area contributed by atoms with Gasteiger partial charge in [0.15, 0.2) is 0 Å². The van der Waals surface area contributed by atoms with Crippen LogP contribution in [0.5, 0.6) is 0 Å². The van der Waals surface area contributed by atoms with Crippen LogP contribution in [-0.2, 0) is 16.4 Å². The van der Waals surface area contributed by atoms with Crippen LogP contribution in [0.3, 0.4) is 0 Å². The Morgan fingerprint density at radius 2 is 1.91 bits per heavy atom. The van der Waals surface area contributed by atoms with E-state index in [1.807, 2.05) is 31.3 Å². The van der Waals surface area contributed by atoms with Gasteiger partial charge in [-0.25, -0.2) is 22.5 Å². The highest BCUT2D eigenvalue weighted by Gasteiger charge is 2.19. The van der Waals surface area contributed by atoms with Crippen LogP contribution in [0.2, 0.25) is 0 Å². The fourth-order valence-corrected chi connectivity index (χ4v) is 4.61. The van der Waals surface area contributed by atoms with E-state index in [-0.39, 0.29) is 18.3 Å². The van der Waals surface area contributed by atoms with Crippen LogP contribution in [0.25, 0.3) is 16.9 Å². The van der Waals surface area contributed by atoms with E-state index in [0.29, 0.717) is 34.0 Å². The maximum atomic E-state index is 13.4. The summed E-state index contributed by atoms with van der Waals surface area (Å²) in [6.45, 7) is 2.22. The number of imidazole rings is 1. The van der Waals surface area contributed by atoms with Crippen LogP contribution < -0.4 is 10.0 Å². The number of pyridine rings is 1. The van der Waals surface area contributed by atoms with Gasteiger partial charge in [-0.3, -0.25) is 9.20 Å². The monoisotopic (exact) mass is 472 g/mol. The molecule has 0 saturated heterocycles. The summed E-state index contributed by atoms with van der Waals surface area (Å²) >= 11 is 1.30. The molecule has 0 bridgehead atoms. The van der Waals surface area contributed by atoms with Crippen LogP contribution in [0.4, 0.5) is 10.2 Å². The molecule has 3 heterocycles. The van der Waals surface area contributed by atoms with Gasteiger partial charge in [-0.15, -0.1) is 11.3 Å². The third kappa shape index (κ3) is 5.04. The third-order valence-corrected chi connectivity index (χ3v) is 6.62. The highest BCUT2D eigenvalue weighted by molar-refractivity contribution is 7.88. The number of thiophene rings is 1. The highest BCUT2D eigenvalue weighted by atomic mass is 32.2. The summed E-state index contributed by atoms with van der Waals surface area (Å²) in [4.78, 5) is 19.0. The smallest absolute Gasteiger partial charge is 0.266 e. The number of nitrogens with one attached hydrogen (secondary N) is 2. The zero-order valence-electron chi connectivity index (χ0n) is 17.4. The van der Waals surface area contributed by atoms with Crippen molar-refractivity contribution in [2.75, 3.05) is 18.1 Å². The minimum Gasteiger partial charge on any atom is -0.305 e. The van der Waals surface area contributed by atoms with E-state index in [1.165, 1.54) is 23.5 Å². The predicted octanol–water partition coefficient (Wildman–Crippen LogP) is 3.85. The molecule has 2 N–H and O–H groups in total. The summed E-state index contributed by atoms with van der Waals surface area (Å²) in [6.07, 6.45) is 3.42. The van der Waals surface area contributed by atoms with Gasteiger partial charge >= 0.3 is 0 Å². The molecule has 1 amide bonds. The Bertz CT molecular complexity index is 1390. The topological polar surface area (TPSA) is 92.6 Å². The number of fused-ring (bicyclic) bond motifs is 1. The second kappa shape index (κ2) is 8.81. The van der Waals surface area contributed by atoms with Gasteiger partial charge in [0.05, 0.1) is 11.1 Å². The molecule has 0 fully saturated rings. The second-order valence-corrected chi connectivity index (χ2v) is 10.4. The van der Waals surface area contributed by atoms with Gasteiger partial charge in [0.2, 0.25) is 10.0 Å². The minimum absolute atomic E-state index is 0.266. The van der Waals surface area contributed by atoms with Crippen molar-refractivity contribution in [1.29, 1.82) is 0 Å². The molecule has 7 nitrogen and oxygen atoms in total. The summed E-state index contributed by atoms with van der Waals surface area (Å²) in [5.41, 5.74) is 2.91. The standard InChI is InChI=1S/C22H21FN4O3S2/c1-14-10-12-27-19(13-14)25-20(15-3-5-16(23)6-4-15)21(27)26-22(28)18-8-7-17(31-18)9-11-24-32(2,29)30/h3-8,10,12-13,24H,9,11H2,1-2H3,(H,26,28). The number of carbonyl (C=O) groups is 1. The Morgan fingerprint density at radius 1 is 1.16 bits per heavy atom. The number of benzene rings is 1. The van der Waals surface area contributed by atoms with E-state index in [9.17, 15) is 17.6 Å². The van der Waals surface area contributed by atoms with Gasteiger partial charge in [-0.05, 0) is 67.4 Å². The molecule has 3 aromatic heterocycles. The van der Waals surface area contributed by atoms with Crippen molar-refractivity contribution < 1.29 is 17.6 Å². The summed E-state index contributed by atoms with van der Waals surface area (Å²) in [5.74, 6) is -0.163. The maximum Gasteiger partial charge on any atom is 0.266 e.